The van der Waals surface area contributed by atoms with Crippen LogP contribution in [0.15, 0.2) is 35.3 Å². The van der Waals surface area contributed by atoms with Crippen LogP contribution in [0.4, 0.5) is 8.78 Å². The molecule has 0 amide bonds. The second-order valence-electron chi connectivity index (χ2n) is 3.72. The fourth-order valence-corrected chi connectivity index (χ4v) is 1.48. The van der Waals surface area contributed by atoms with Gasteiger partial charge in [0.15, 0.2) is 0 Å². The van der Waals surface area contributed by atoms with Crippen LogP contribution in [0, 0.1) is 18.6 Å². The van der Waals surface area contributed by atoms with Gasteiger partial charge in [-0.05, 0) is 31.2 Å². The number of benzene rings is 1. The van der Waals surface area contributed by atoms with Gasteiger partial charge in [0.25, 0.3) is 0 Å². The fraction of sp³-hybridized carbons (Fsp3) is 0.167. The molecule has 0 spiro atoms. The molecule has 2 rings (SSSR count). The molecular weight excluding hydrogens is 226 g/mol. The van der Waals surface area contributed by atoms with Gasteiger partial charge in [0.2, 0.25) is 0 Å². The lowest BCUT2D eigenvalue weighted by molar-refractivity contribution is 0.572. The van der Waals surface area contributed by atoms with Crippen LogP contribution in [-0.2, 0) is 6.54 Å². The summed E-state index contributed by atoms with van der Waals surface area (Å²) in [4.78, 5) is 15.2. The van der Waals surface area contributed by atoms with Crippen molar-refractivity contribution in [1.29, 1.82) is 0 Å². The highest BCUT2D eigenvalue weighted by atomic mass is 19.1. The maximum atomic E-state index is 13.4. The molecule has 3 nitrogen and oxygen atoms in total. The van der Waals surface area contributed by atoms with Gasteiger partial charge >= 0.3 is 5.69 Å². The van der Waals surface area contributed by atoms with Crippen molar-refractivity contribution in [2.24, 2.45) is 0 Å². The van der Waals surface area contributed by atoms with Gasteiger partial charge in [-0.15, -0.1) is 0 Å². The molecule has 0 aliphatic carbocycles. The summed E-state index contributed by atoms with van der Waals surface area (Å²) in [5.41, 5.74) is 0.234. The number of halogens is 2. The summed E-state index contributed by atoms with van der Waals surface area (Å²) in [6, 6.07) is 4.78. The van der Waals surface area contributed by atoms with Gasteiger partial charge in [0.1, 0.15) is 11.6 Å². The Balaban J connectivity index is 2.38. The van der Waals surface area contributed by atoms with E-state index in [2.05, 4.69) is 4.98 Å². The lowest BCUT2D eigenvalue weighted by atomic mass is 10.2. The van der Waals surface area contributed by atoms with Crippen LogP contribution in [0.25, 0.3) is 0 Å². The first-order chi connectivity index (χ1) is 8.06. The minimum atomic E-state index is -0.543. The molecule has 88 valence electrons. The number of aromatic nitrogens is 2. The summed E-state index contributed by atoms with van der Waals surface area (Å²) >= 11 is 0. The largest absolute Gasteiger partial charge is 0.348 e. The monoisotopic (exact) mass is 236 g/mol. The van der Waals surface area contributed by atoms with E-state index < -0.39 is 17.3 Å². The molecule has 1 heterocycles. The average Bonchev–Trinajstić information content (AvgIpc) is 2.27. The molecule has 0 atom stereocenters. The zero-order valence-electron chi connectivity index (χ0n) is 9.15. The third-order valence-electron chi connectivity index (χ3n) is 2.36. The molecule has 0 fully saturated rings. The normalized spacial score (nSPS) is 10.5. The Bertz CT molecular complexity index is 608. The van der Waals surface area contributed by atoms with E-state index in [1.165, 1.54) is 10.8 Å². The van der Waals surface area contributed by atoms with E-state index in [9.17, 15) is 13.6 Å². The average molecular weight is 236 g/mol. The highest BCUT2D eigenvalue weighted by Gasteiger charge is 2.06. The molecule has 1 aromatic carbocycles. The highest BCUT2D eigenvalue weighted by molar-refractivity contribution is 5.19. The molecule has 0 saturated carbocycles. The fourth-order valence-electron chi connectivity index (χ4n) is 1.48. The smallest absolute Gasteiger partial charge is 0.295 e. The number of nitrogens with zero attached hydrogens (tertiary/aromatic N) is 2. The molecule has 0 aliphatic heterocycles. The topological polar surface area (TPSA) is 34.9 Å². The molecule has 0 bridgehead atoms. The molecular formula is C12H10F2N2O. The number of rotatable bonds is 2. The SMILES string of the molecule is Cc1ccn(Cc2cc(F)ccc2F)c(=O)n1. The van der Waals surface area contributed by atoms with Gasteiger partial charge < -0.3 is 0 Å². The Hall–Kier alpha value is -2.04. The predicted octanol–water partition coefficient (Wildman–Crippen LogP) is 1.88. The van der Waals surface area contributed by atoms with Gasteiger partial charge in [-0.2, -0.15) is 4.98 Å². The first kappa shape index (κ1) is 11.4. The minimum absolute atomic E-state index is 0.0320. The summed E-state index contributed by atoms with van der Waals surface area (Å²) in [7, 11) is 0. The maximum Gasteiger partial charge on any atom is 0.348 e. The Morgan fingerprint density at radius 3 is 2.76 bits per heavy atom. The Morgan fingerprint density at radius 1 is 1.29 bits per heavy atom. The quantitative estimate of drug-likeness (QED) is 0.798. The van der Waals surface area contributed by atoms with Crippen molar-refractivity contribution in [1.82, 2.24) is 9.55 Å². The Kier molecular flexibility index (Phi) is 2.99. The van der Waals surface area contributed by atoms with E-state index in [0.29, 0.717) is 5.69 Å². The third kappa shape index (κ3) is 2.55. The first-order valence-electron chi connectivity index (χ1n) is 5.04. The Morgan fingerprint density at radius 2 is 2.06 bits per heavy atom. The lowest BCUT2D eigenvalue weighted by Gasteiger charge is -2.06. The van der Waals surface area contributed by atoms with Crippen LogP contribution in [0.3, 0.4) is 0 Å². The van der Waals surface area contributed by atoms with Crippen LogP contribution in [0.2, 0.25) is 0 Å². The number of hydrogen-bond donors (Lipinski definition) is 0. The van der Waals surface area contributed by atoms with E-state index in [0.717, 1.165) is 18.2 Å². The molecule has 0 unspecified atom stereocenters. The summed E-state index contributed by atoms with van der Waals surface area (Å²) < 4.78 is 27.5. The zero-order chi connectivity index (χ0) is 12.4. The van der Waals surface area contributed by atoms with Crippen molar-refractivity contribution in [3.05, 3.63) is 63.8 Å². The Labute approximate surface area is 96.4 Å². The number of hydrogen-bond acceptors (Lipinski definition) is 2. The summed E-state index contributed by atoms with van der Waals surface area (Å²) in [6.07, 6.45) is 1.51. The van der Waals surface area contributed by atoms with E-state index in [1.54, 1.807) is 13.0 Å². The van der Waals surface area contributed by atoms with Crippen molar-refractivity contribution >= 4 is 0 Å². The molecule has 0 saturated heterocycles. The second-order valence-corrected chi connectivity index (χ2v) is 3.72. The van der Waals surface area contributed by atoms with Gasteiger partial charge in [-0.3, -0.25) is 4.57 Å². The molecule has 1 aromatic heterocycles. The van der Waals surface area contributed by atoms with Crippen molar-refractivity contribution in [3.8, 4) is 0 Å². The van der Waals surface area contributed by atoms with Crippen molar-refractivity contribution in [2.45, 2.75) is 13.5 Å². The van der Waals surface area contributed by atoms with Gasteiger partial charge in [-0.1, -0.05) is 0 Å². The highest BCUT2D eigenvalue weighted by Crippen LogP contribution is 2.10. The van der Waals surface area contributed by atoms with E-state index in [-0.39, 0.29) is 12.1 Å². The molecule has 17 heavy (non-hydrogen) atoms. The minimum Gasteiger partial charge on any atom is -0.295 e. The molecule has 0 aliphatic rings. The van der Waals surface area contributed by atoms with Crippen molar-refractivity contribution in [2.75, 3.05) is 0 Å². The van der Waals surface area contributed by atoms with Gasteiger partial charge in [0, 0.05) is 17.5 Å². The molecule has 2 aromatic rings. The van der Waals surface area contributed by atoms with Crippen molar-refractivity contribution in [3.63, 3.8) is 0 Å². The summed E-state index contributed by atoms with van der Waals surface area (Å²) in [5.74, 6) is -1.08. The third-order valence-corrected chi connectivity index (χ3v) is 2.36. The van der Waals surface area contributed by atoms with Gasteiger partial charge in [0.05, 0.1) is 6.54 Å². The van der Waals surface area contributed by atoms with E-state index in [4.69, 9.17) is 0 Å². The molecule has 0 radical (unpaired) electrons. The van der Waals surface area contributed by atoms with Crippen LogP contribution < -0.4 is 5.69 Å². The first-order valence-corrected chi connectivity index (χ1v) is 5.04. The number of aryl methyl sites for hydroxylation is 1. The predicted molar refractivity (Wildman–Crippen MR) is 58.7 cm³/mol. The lowest BCUT2D eigenvalue weighted by Crippen LogP contribution is -2.23. The van der Waals surface area contributed by atoms with Crippen LogP contribution in [0.1, 0.15) is 11.3 Å². The maximum absolute atomic E-state index is 13.4. The van der Waals surface area contributed by atoms with Crippen molar-refractivity contribution < 1.29 is 8.78 Å². The second kappa shape index (κ2) is 4.45. The van der Waals surface area contributed by atoms with Crippen LogP contribution in [0.5, 0.6) is 0 Å². The van der Waals surface area contributed by atoms with Crippen LogP contribution in [-0.4, -0.2) is 9.55 Å². The standard InChI is InChI=1S/C12H10F2N2O/c1-8-4-5-16(12(17)15-8)7-9-6-10(13)2-3-11(9)14/h2-6H,7H2,1H3. The van der Waals surface area contributed by atoms with Gasteiger partial charge in [-0.25, -0.2) is 13.6 Å². The zero-order valence-corrected chi connectivity index (χ0v) is 9.15. The van der Waals surface area contributed by atoms with E-state index >= 15 is 0 Å². The molecule has 0 N–H and O–H groups in total. The van der Waals surface area contributed by atoms with Crippen LogP contribution >= 0.6 is 0 Å². The molecule has 5 heteroatoms. The van der Waals surface area contributed by atoms with E-state index in [1.807, 2.05) is 0 Å². The summed E-state index contributed by atoms with van der Waals surface area (Å²) in [6.45, 7) is 1.66. The summed E-state index contributed by atoms with van der Waals surface area (Å²) in [5, 5.41) is 0.